The number of piperidine rings is 1. The number of fused-ring (bicyclic) bond motifs is 1. The average molecular weight is 262 g/mol. The van der Waals surface area contributed by atoms with Crippen LogP contribution in [0.15, 0.2) is 16.7 Å². The van der Waals surface area contributed by atoms with Crippen LogP contribution in [-0.4, -0.2) is 18.0 Å². The molecule has 4 nitrogen and oxygen atoms in total. The lowest BCUT2D eigenvalue weighted by Crippen LogP contribution is -2.57. The van der Waals surface area contributed by atoms with E-state index in [1.807, 2.05) is 13.0 Å². The first kappa shape index (κ1) is 12.7. The molecule has 1 aromatic rings. The van der Waals surface area contributed by atoms with Crippen LogP contribution in [0.3, 0.4) is 0 Å². The van der Waals surface area contributed by atoms with Crippen molar-refractivity contribution in [3.8, 4) is 0 Å². The Labute approximate surface area is 113 Å². The van der Waals surface area contributed by atoms with Gasteiger partial charge in [0.05, 0.1) is 17.8 Å². The summed E-state index contributed by atoms with van der Waals surface area (Å²) in [5.74, 6) is 1.17. The van der Waals surface area contributed by atoms with E-state index >= 15 is 0 Å². The quantitative estimate of drug-likeness (QED) is 0.860. The van der Waals surface area contributed by atoms with Crippen LogP contribution in [0.5, 0.6) is 0 Å². The summed E-state index contributed by atoms with van der Waals surface area (Å²) in [4.78, 5) is 12.5. The summed E-state index contributed by atoms with van der Waals surface area (Å²) in [6.07, 6.45) is 8.02. The number of carbonyl (C=O) groups is 1. The minimum atomic E-state index is -0.403. The molecule has 0 saturated carbocycles. The van der Waals surface area contributed by atoms with Gasteiger partial charge in [-0.05, 0) is 51.6 Å². The summed E-state index contributed by atoms with van der Waals surface area (Å²) in [6.45, 7) is 2.95. The highest BCUT2D eigenvalue weighted by Crippen LogP contribution is 2.31. The second-order valence-electron chi connectivity index (χ2n) is 5.93. The maximum Gasteiger partial charge on any atom is 0.240 e. The van der Waals surface area contributed by atoms with Gasteiger partial charge in [0.1, 0.15) is 5.76 Å². The number of amides is 1. The Morgan fingerprint density at radius 3 is 3.16 bits per heavy atom. The topological polar surface area (TPSA) is 54.3 Å². The summed E-state index contributed by atoms with van der Waals surface area (Å²) in [7, 11) is 0. The third-order valence-electron chi connectivity index (χ3n) is 4.48. The normalized spacial score (nSPS) is 30.7. The van der Waals surface area contributed by atoms with Crippen molar-refractivity contribution in [2.75, 3.05) is 6.54 Å². The molecular formula is C15H22N2O2. The lowest BCUT2D eigenvalue weighted by molar-refractivity contribution is -0.128. The number of hydrogen-bond donors (Lipinski definition) is 2. The van der Waals surface area contributed by atoms with Gasteiger partial charge in [0.2, 0.25) is 5.91 Å². The Kier molecular flexibility index (Phi) is 3.35. The Morgan fingerprint density at radius 2 is 2.37 bits per heavy atom. The molecule has 1 aliphatic heterocycles. The third-order valence-corrected chi connectivity index (χ3v) is 4.48. The number of aryl methyl sites for hydroxylation is 1. The lowest BCUT2D eigenvalue weighted by Gasteiger charge is -2.35. The first-order chi connectivity index (χ1) is 9.19. The molecule has 2 unspecified atom stereocenters. The average Bonchev–Trinajstić information content (AvgIpc) is 2.89. The number of furan rings is 1. The van der Waals surface area contributed by atoms with Gasteiger partial charge in [0.25, 0.3) is 0 Å². The van der Waals surface area contributed by atoms with E-state index in [2.05, 4.69) is 10.6 Å². The monoisotopic (exact) mass is 262 g/mol. The van der Waals surface area contributed by atoms with Crippen molar-refractivity contribution >= 4 is 5.91 Å². The molecule has 3 rings (SSSR count). The number of rotatable bonds is 2. The van der Waals surface area contributed by atoms with Gasteiger partial charge in [-0.15, -0.1) is 0 Å². The largest absolute Gasteiger partial charge is 0.469 e. The van der Waals surface area contributed by atoms with E-state index in [1.165, 1.54) is 5.56 Å². The summed E-state index contributed by atoms with van der Waals surface area (Å²) < 4.78 is 5.47. The van der Waals surface area contributed by atoms with Crippen LogP contribution in [0.4, 0.5) is 0 Å². The summed E-state index contributed by atoms with van der Waals surface area (Å²) in [6, 6.07) is 2.12. The molecule has 0 bridgehead atoms. The molecule has 1 fully saturated rings. The summed E-state index contributed by atoms with van der Waals surface area (Å²) >= 11 is 0. The molecule has 1 aliphatic carbocycles. The first-order valence-electron chi connectivity index (χ1n) is 7.31. The molecule has 0 spiro atoms. The standard InChI is InChI=1S/C15H22N2O2/c1-15(8-2-3-9-16-15)14(18)17-12-5-4-6-13-11(12)7-10-19-13/h7,10,12,16H,2-6,8-9H2,1H3,(H,17,18). The molecular weight excluding hydrogens is 240 g/mol. The van der Waals surface area contributed by atoms with Crippen molar-refractivity contribution < 1.29 is 9.21 Å². The highest BCUT2D eigenvalue weighted by Gasteiger charge is 2.36. The third kappa shape index (κ3) is 2.41. The van der Waals surface area contributed by atoms with Crippen LogP contribution in [0.1, 0.15) is 56.4 Å². The molecule has 2 N–H and O–H groups in total. The minimum Gasteiger partial charge on any atom is -0.469 e. The van der Waals surface area contributed by atoms with Crippen LogP contribution in [-0.2, 0) is 11.2 Å². The second kappa shape index (κ2) is 5.00. The summed E-state index contributed by atoms with van der Waals surface area (Å²) in [5.41, 5.74) is 0.763. The van der Waals surface area contributed by atoms with Crippen molar-refractivity contribution in [2.45, 2.75) is 57.0 Å². The fraction of sp³-hybridized carbons (Fsp3) is 0.667. The van der Waals surface area contributed by atoms with Crippen LogP contribution in [0.2, 0.25) is 0 Å². The molecule has 2 aliphatic rings. The van der Waals surface area contributed by atoms with Crippen LogP contribution < -0.4 is 10.6 Å². The highest BCUT2D eigenvalue weighted by atomic mass is 16.3. The van der Waals surface area contributed by atoms with Gasteiger partial charge in [-0.3, -0.25) is 4.79 Å². The van der Waals surface area contributed by atoms with E-state index in [1.54, 1.807) is 6.26 Å². The number of carbonyl (C=O) groups excluding carboxylic acids is 1. The van der Waals surface area contributed by atoms with Gasteiger partial charge >= 0.3 is 0 Å². The van der Waals surface area contributed by atoms with Gasteiger partial charge in [-0.25, -0.2) is 0 Å². The van der Waals surface area contributed by atoms with Crippen LogP contribution in [0, 0.1) is 0 Å². The maximum absolute atomic E-state index is 12.5. The molecule has 19 heavy (non-hydrogen) atoms. The van der Waals surface area contributed by atoms with Gasteiger partial charge in [0, 0.05) is 12.0 Å². The summed E-state index contributed by atoms with van der Waals surface area (Å²) in [5, 5.41) is 6.58. The first-order valence-corrected chi connectivity index (χ1v) is 7.31. The van der Waals surface area contributed by atoms with Crippen LogP contribution in [0.25, 0.3) is 0 Å². The Balaban J connectivity index is 1.71. The zero-order chi connectivity index (χ0) is 13.3. The van der Waals surface area contributed by atoms with Crippen LogP contribution >= 0.6 is 0 Å². The molecule has 104 valence electrons. The zero-order valence-electron chi connectivity index (χ0n) is 11.5. The predicted octanol–water partition coefficient (Wildman–Crippen LogP) is 2.31. The smallest absolute Gasteiger partial charge is 0.240 e. The molecule has 2 heterocycles. The van der Waals surface area contributed by atoms with E-state index in [4.69, 9.17) is 4.42 Å². The van der Waals surface area contributed by atoms with Crippen molar-refractivity contribution in [1.29, 1.82) is 0 Å². The van der Waals surface area contributed by atoms with Crippen molar-refractivity contribution in [3.63, 3.8) is 0 Å². The molecule has 1 aromatic heterocycles. The molecule has 0 aromatic carbocycles. The molecule has 1 amide bonds. The fourth-order valence-corrected chi connectivity index (χ4v) is 3.20. The zero-order valence-corrected chi connectivity index (χ0v) is 11.5. The van der Waals surface area contributed by atoms with E-state index < -0.39 is 5.54 Å². The lowest BCUT2D eigenvalue weighted by atomic mass is 9.88. The second-order valence-corrected chi connectivity index (χ2v) is 5.93. The molecule has 4 heteroatoms. The van der Waals surface area contributed by atoms with E-state index in [0.29, 0.717) is 0 Å². The number of hydrogen-bond acceptors (Lipinski definition) is 3. The highest BCUT2D eigenvalue weighted by molar-refractivity contribution is 5.86. The number of nitrogens with one attached hydrogen (secondary N) is 2. The van der Waals surface area contributed by atoms with E-state index in [0.717, 1.165) is 50.8 Å². The van der Waals surface area contributed by atoms with Crippen molar-refractivity contribution in [1.82, 2.24) is 10.6 Å². The van der Waals surface area contributed by atoms with E-state index in [-0.39, 0.29) is 11.9 Å². The van der Waals surface area contributed by atoms with Gasteiger partial charge in [-0.1, -0.05) is 0 Å². The Morgan fingerprint density at radius 1 is 1.47 bits per heavy atom. The van der Waals surface area contributed by atoms with Crippen molar-refractivity contribution in [2.24, 2.45) is 0 Å². The van der Waals surface area contributed by atoms with Crippen molar-refractivity contribution in [3.05, 3.63) is 23.7 Å². The molecule has 0 radical (unpaired) electrons. The van der Waals surface area contributed by atoms with Gasteiger partial charge in [-0.2, -0.15) is 0 Å². The fourth-order valence-electron chi connectivity index (χ4n) is 3.20. The molecule has 2 atom stereocenters. The predicted molar refractivity (Wildman–Crippen MR) is 72.8 cm³/mol. The van der Waals surface area contributed by atoms with E-state index in [9.17, 15) is 4.79 Å². The van der Waals surface area contributed by atoms with Gasteiger partial charge < -0.3 is 15.1 Å². The Bertz CT molecular complexity index is 460. The van der Waals surface area contributed by atoms with Gasteiger partial charge in [0.15, 0.2) is 0 Å². The SMILES string of the molecule is CC1(C(=O)NC2CCCc3occc32)CCCCN1. The molecule has 1 saturated heterocycles. The minimum absolute atomic E-state index is 0.121. The maximum atomic E-state index is 12.5. The Hall–Kier alpha value is -1.29.